The van der Waals surface area contributed by atoms with Gasteiger partial charge in [-0.15, -0.1) is 0 Å². The highest BCUT2D eigenvalue weighted by molar-refractivity contribution is 7.22. The predicted octanol–water partition coefficient (Wildman–Crippen LogP) is 2.03. The molecule has 3 aromatic rings. The summed E-state index contributed by atoms with van der Waals surface area (Å²) in [5.74, 6) is -1.03. The number of nitrogens with one attached hydrogen (secondary N) is 2. The van der Waals surface area contributed by atoms with E-state index in [1.807, 2.05) is 6.07 Å². The molecule has 146 valence electrons. The monoisotopic (exact) mass is 409 g/mol. The van der Waals surface area contributed by atoms with E-state index < -0.39 is 17.4 Å². The number of thiazole rings is 1. The zero-order valence-corrected chi connectivity index (χ0v) is 16.2. The molecule has 0 amide bonds. The van der Waals surface area contributed by atoms with Crippen LogP contribution in [0.2, 0.25) is 0 Å². The van der Waals surface area contributed by atoms with Gasteiger partial charge in [-0.3, -0.25) is 4.79 Å². The Labute approximate surface area is 168 Å². The minimum absolute atomic E-state index is 0.0756. The van der Waals surface area contributed by atoms with Gasteiger partial charge in [-0.1, -0.05) is 23.5 Å². The van der Waals surface area contributed by atoms with Crippen molar-refractivity contribution >= 4 is 32.8 Å². The highest BCUT2D eigenvalue weighted by Crippen LogP contribution is 2.44. The molecule has 10 heteroatoms. The molecule has 9 nitrogen and oxygen atoms in total. The molecule has 1 aromatic carbocycles. The Morgan fingerprint density at radius 2 is 2.14 bits per heavy atom. The molecule has 0 fully saturated rings. The van der Waals surface area contributed by atoms with Crippen LogP contribution < -0.4 is 21.3 Å². The summed E-state index contributed by atoms with van der Waals surface area (Å²) in [5, 5.41) is 13.2. The highest BCUT2D eigenvalue weighted by Gasteiger charge is 2.35. The van der Waals surface area contributed by atoms with E-state index in [0.29, 0.717) is 26.6 Å². The molecule has 0 bridgehead atoms. The summed E-state index contributed by atoms with van der Waals surface area (Å²) in [4.78, 5) is 31.7. The van der Waals surface area contributed by atoms with Gasteiger partial charge in [0.15, 0.2) is 16.5 Å². The average Bonchev–Trinajstić information content (AvgIpc) is 3.15. The van der Waals surface area contributed by atoms with Crippen LogP contribution in [-0.4, -0.2) is 30.1 Å². The molecule has 29 heavy (non-hydrogen) atoms. The summed E-state index contributed by atoms with van der Waals surface area (Å²) in [6.07, 6.45) is 0. The molecule has 1 aliphatic heterocycles. The predicted molar refractivity (Wildman–Crippen MR) is 107 cm³/mol. The Hall–Kier alpha value is -3.84. The zero-order chi connectivity index (χ0) is 20.7. The van der Waals surface area contributed by atoms with Crippen molar-refractivity contribution in [3.63, 3.8) is 0 Å². The van der Waals surface area contributed by atoms with E-state index in [-0.39, 0.29) is 22.8 Å². The second-order valence-electron chi connectivity index (χ2n) is 6.18. The number of pyridine rings is 1. The fraction of sp³-hybridized carbons (Fsp3) is 0.158. The number of ether oxygens (including phenoxy) is 2. The van der Waals surface area contributed by atoms with Crippen LogP contribution in [0.1, 0.15) is 27.4 Å². The highest BCUT2D eigenvalue weighted by atomic mass is 32.1. The molecular formula is C19H15N5O4S. The molecule has 0 aliphatic carbocycles. The Morgan fingerprint density at radius 3 is 2.76 bits per heavy atom. The largest absolute Gasteiger partial charge is 0.465 e. The van der Waals surface area contributed by atoms with Gasteiger partial charge >= 0.3 is 5.97 Å². The Kier molecular flexibility index (Phi) is 4.44. The minimum Gasteiger partial charge on any atom is -0.465 e. The molecule has 4 N–H and O–H groups in total. The Morgan fingerprint density at radius 1 is 1.41 bits per heavy atom. The molecule has 3 heterocycles. The van der Waals surface area contributed by atoms with E-state index in [2.05, 4.69) is 15.3 Å². The second kappa shape index (κ2) is 6.96. The van der Waals surface area contributed by atoms with Crippen LogP contribution in [0.3, 0.4) is 0 Å². The molecule has 0 saturated heterocycles. The van der Waals surface area contributed by atoms with Crippen LogP contribution in [-0.2, 0) is 4.74 Å². The number of esters is 1. The number of nitriles is 1. The van der Waals surface area contributed by atoms with E-state index in [1.54, 1.807) is 31.3 Å². The third-order valence-corrected chi connectivity index (χ3v) is 5.68. The summed E-state index contributed by atoms with van der Waals surface area (Å²) in [7, 11) is 3.01. The fourth-order valence-electron chi connectivity index (χ4n) is 3.26. The van der Waals surface area contributed by atoms with Gasteiger partial charge in [-0.2, -0.15) is 5.26 Å². The fourth-order valence-corrected chi connectivity index (χ4v) is 4.13. The number of benzene rings is 1. The number of anilines is 1. The summed E-state index contributed by atoms with van der Waals surface area (Å²) >= 11 is 1.30. The first-order chi connectivity index (χ1) is 14.0. The third kappa shape index (κ3) is 2.88. The molecule has 1 atom stereocenters. The summed E-state index contributed by atoms with van der Waals surface area (Å²) in [5.41, 5.74) is 7.32. The summed E-state index contributed by atoms with van der Waals surface area (Å²) in [6, 6.07) is 8.50. The number of fused-ring (bicyclic) bond motifs is 3. The van der Waals surface area contributed by atoms with Gasteiger partial charge in [0.05, 0.1) is 24.2 Å². The number of nitrogens with zero attached hydrogens (tertiary/aromatic N) is 2. The Bertz CT molecular complexity index is 1270. The van der Waals surface area contributed by atoms with Crippen molar-refractivity contribution in [1.82, 2.24) is 9.97 Å². The van der Waals surface area contributed by atoms with Gasteiger partial charge in [0, 0.05) is 7.05 Å². The van der Waals surface area contributed by atoms with Gasteiger partial charge in [0.1, 0.15) is 16.3 Å². The van der Waals surface area contributed by atoms with E-state index in [1.165, 1.54) is 18.4 Å². The number of aromatic amines is 1. The number of methoxy groups -OCH3 is 1. The molecule has 0 spiro atoms. The van der Waals surface area contributed by atoms with Crippen molar-refractivity contribution in [1.29, 1.82) is 5.26 Å². The van der Waals surface area contributed by atoms with Crippen molar-refractivity contribution in [2.24, 2.45) is 5.73 Å². The third-order valence-electron chi connectivity index (χ3n) is 4.61. The lowest BCUT2D eigenvalue weighted by molar-refractivity contribution is 0.0600. The van der Waals surface area contributed by atoms with E-state index in [4.69, 9.17) is 15.2 Å². The lowest BCUT2D eigenvalue weighted by Gasteiger charge is -2.25. The number of carbonyl (C=O) groups excluding carboxylic acids is 1. The molecule has 4 rings (SSSR count). The van der Waals surface area contributed by atoms with Crippen LogP contribution in [0.25, 0.3) is 10.3 Å². The molecule has 0 radical (unpaired) electrons. The lowest BCUT2D eigenvalue weighted by Crippen LogP contribution is -2.27. The van der Waals surface area contributed by atoms with E-state index in [0.717, 1.165) is 0 Å². The first kappa shape index (κ1) is 18.5. The number of H-pyrrole nitrogens is 1. The number of aromatic nitrogens is 2. The molecule has 2 aromatic heterocycles. The first-order valence-electron chi connectivity index (χ1n) is 8.48. The van der Waals surface area contributed by atoms with Crippen LogP contribution in [0.15, 0.2) is 40.5 Å². The standard InChI is InChI=1S/C19H15N5O4S/c1-22-19-24-16-14(29-19)13-12(17(25)23-16)11(10(7-20)15(21)28-13)8-3-5-9(6-4-8)18(26)27-2/h3-6,11H,21H2,1-2H3,(H2,22,23,24,25)/t11-/m1/s1. The van der Waals surface area contributed by atoms with Crippen LogP contribution >= 0.6 is 11.3 Å². The lowest BCUT2D eigenvalue weighted by atomic mass is 9.84. The van der Waals surface area contributed by atoms with Crippen molar-refractivity contribution in [3.05, 3.63) is 62.8 Å². The van der Waals surface area contributed by atoms with Crippen molar-refractivity contribution < 1.29 is 14.3 Å². The van der Waals surface area contributed by atoms with Crippen LogP contribution in [0.5, 0.6) is 5.75 Å². The molecule has 1 aliphatic rings. The van der Waals surface area contributed by atoms with Gasteiger partial charge in [0.2, 0.25) is 5.88 Å². The Balaban J connectivity index is 1.96. The number of allylic oxidation sites excluding steroid dienone is 1. The molecule has 0 unspecified atom stereocenters. The van der Waals surface area contributed by atoms with Gasteiger partial charge < -0.3 is 25.5 Å². The SMILES string of the molecule is CNc1nc2[nH]c(=O)c3c(c2s1)OC(N)=C(C#N)[C@H]3c1ccc(C(=O)OC)cc1. The zero-order valence-electron chi connectivity index (χ0n) is 15.4. The van der Waals surface area contributed by atoms with E-state index >= 15 is 0 Å². The maximum Gasteiger partial charge on any atom is 0.337 e. The summed E-state index contributed by atoms with van der Waals surface area (Å²) in [6.45, 7) is 0. The number of rotatable bonds is 3. The van der Waals surface area contributed by atoms with Crippen molar-refractivity contribution in [2.75, 3.05) is 19.5 Å². The number of nitrogens with two attached hydrogens (primary N) is 1. The van der Waals surface area contributed by atoms with Crippen LogP contribution in [0.4, 0.5) is 5.13 Å². The normalized spacial score (nSPS) is 15.4. The summed E-state index contributed by atoms with van der Waals surface area (Å²) < 4.78 is 11.0. The van der Waals surface area contributed by atoms with Crippen molar-refractivity contribution in [3.8, 4) is 11.8 Å². The average molecular weight is 409 g/mol. The van der Waals surface area contributed by atoms with Crippen molar-refractivity contribution in [2.45, 2.75) is 5.92 Å². The maximum atomic E-state index is 12.9. The smallest absolute Gasteiger partial charge is 0.337 e. The first-order valence-corrected chi connectivity index (χ1v) is 9.30. The molecule has 0 saturated carbocycles. The quantitative estimate of drug-likeness (QED) is 0.558. The molecular weight excluding hydrogens is 394 g/mol. The maximum absolute atomic E-state index is 12.9. The van der Waals surface area contributed by atoms with E-state index in [9.17, 15) is 14.9 Å². The number of hydrogen-bond donors (Lipinski definition) is 3. The van der Waals surface area contributed by atoms with Gasteiger partial charge in [-0.05, 0) is 17.7 Å². The number of hydrogen-bond acceptors (Lipinski definition) is 9. The minimum atomic E-state index is -0.747. The van der Waals surface area contributed by atoms with Gasteiger partial charge in [-0.25, -0.2) is 9.78 Å². The number of carbonyl (C=O) groups is 1. The van der Waals surface area contributed by atoms with Gasteiger partial charge in [0.25, 0.3) is 5.56 Å². The second-order valence-corrected chi connectivity index (χ2v) is 7.18. The topological polar surface area (TPSA) is 143 Å². The van der Waals surface area contributed by atoms with Crippen LogP contribution in [0, 0.1) is 11.3 Å².